The SMILES string of the molecule is COc1ccc(OC)c(N2C(=O)[C@@H]3[C@H]4CCCN4[C@@]4(C(=O)Nc5ccc(F)cc54)[C@@H]3C2=O)c1. The van der Waals surface area contributed by atoms with Crippen molar-refractivity contribution in [1.29, 1.82) is 0 Å². The maximum Gasteiger partial charge on any atom is 0.250 e. The van der Waals surface area contributed by atoms with Crippen LogP contribution in [0.15, 0.2) is 36.4 Å². The molecule has 1 N–H and O–H groups in total. The number of carbonyl (C=O) groups excluding carboxylic acids is 3. The minimum absolute atomic E-state index is 0.277. The van der Waals surface area contributed by atoms with Gasteiger partial charge in [-0.05, 0) is 49.7 Å². The Kier molecular flexibility index (Phi) is 4.14. The Morgan fingerprint density at radius 3 is 2.64 bits per heavy atom. The lowest BCUT2D eigenvalue weighted by atomic mass is 9.75. The van der Waals surface area contributed by atoms with Crippen molar-refractivity contribution in [2.75, 3.05) is 31.0 Å². The zero-order chi connectivity index (χ0) is 23.1. The van der Waals surface area contributed by atoms with Gasteiger partial charge in [0, 0.05) is 23.4 Å². The first kappa shape index (κ1) is 20.2. The highest BCUT2D eigenvalue weighted by Crippen LogP contribution is 2.61. The second-order valence-electron chi connectivity index (χ2n) is 8.87. The van der Waals surface area contributed by atoms with Crippen LogP contribution in [0, 0.1) is 17.7 Å². The minimum Gasteiger partial charge on any atom is -0.497 e. The number of rotatable bonds is 3. The van der Waals surface area contributed by atoms with Crippen LogP contribution in [0.25, 0.3) is 0 Å². The van der Waals surface area contributed by atoms with E-state index in [0.717, 1.165) is 11.3 Å². The van der Waals surface area contributed by atoms with Crippen LogP contribution in [0.3, 0.4) is 0 Å². The molecular weight excluding hydrogens is 429 g/mol. The topological polar surface area (TPSA) is 88.2 Å². The molecule has 3 fully saturated rings. The molecule has 0 aromatic heterocycles. The first-order chi connectivity index (χ1) is 15.9. The monoisotopic (exact) mass is 451 g/mol. The third kappa shape index (κ3) is 2.35. The normalized spacial score (nSPS) is 30.0. The number of ether oxygens (including phenoxy) is 2. The highest BCUT2D eigenvalue weighted by molar-refractivity contribution is 6.26. The molecular formula is C24H22FN3O5. The highest BCUT2D eigenvalue weighted by atomic mass is 19.1. The van der Waals surface area contributed by atoms with Gasteiger partial charge in [0.2, 0.25) is 17.7 Å². The van der Waals surface area contributed by atoms with Crippen LogP contribution in [0.4, 0.5) is 15.8 Å². The number of hydrogen-bond acceptors (Lipinski definition) is 6. The summed E-state index contributed by atoms with van der Waals surface area (Å²) in [7, 11) is 2.95. The maximum atomic E-state index is 14.4. The fourth-order valence-electron chi connectivity index (χ4n) is 6.38. The van der Waals surface area contributed by atoms with Gasteiger partial charge in [-0.1, -0.05) is 0 Å². The van der Waals surface area contributed by atoms with E-state index in [4.69, 9.17) is 9.47 Å². The largest absolute Gasteiger partial charge is 0.497 e. The average molecular weight is 451 g/mol. The molecule has 4 atom stereocenters. The molecule has 2 aromatic carbocycles. The van der Waals surface area contributed by atoms with Gasteiger partial charge >= 0.3 is 0 Å². The summed E-state index contributed by atoms with van der Waals surface area (Å²) in [6.45, 7) is 0.560. The van der Waals surface area contributed by atoms with E-state index in [0.29, 0.717) is 35.7 Å². The summed E-state index contributed by atoms with van der Waals surface area (Å²) in [4.78, 5) is 44.5. The van der Waals surface area contributed by atoms with Gasteiger partial charge in [-0.2, -0.15) is 0 Å². The van der Waals surface area contributed by atoms with Crippen molar-refractivity contribution in [3.8, 4) is 11.5 Å². The second kappa shape index (κ2) is 6.77. The van der Waals surface area contributed by atoms with Crippen molar-refractivity contribution < 1.29 is 28.2 Å². The van der Waals surface area contributed by atoms with Gasteiger partial charge in [-0.25, -0.2) is 9.29 Å². The number of hydrogen-bond donors (Lipinski definition) is 1. The van der Waals surface area contributed by atoms with E-state index in [9.17, 15) is 18.8 Å². The summed E-state index contributed by atoms with van der Waals surface area (Å²) in [5.74, 6) is -2.61. The van der Waals surface area contributed by atoms with Crippen molar-refractivity contribution in [3.63, 3.8) is 0 Å². The molecule has 170 valence electrons. The van der Waals surface area contributed by atoms with Crippen molar-refractivity contribution in [2.45, 2.75) is 24.4 Å². The minimum atomic E-state index is -1.42. The van der Waals surface area contributed by atoms with E-state index >= 15 is 0 Å². The van der Waals surface area contributed by atoms with Crippen LogP contribution in [0.2, 0.25) is 0 Å². The summed E-state index contributed by atoms with van der Waals surface area (Å²) in [6, 6.07) is 8.72. The predicted molar refractivity (Wildman–Crippen MR) is 115 cm³/mol. The summed E-state index contributed by atoms with van der Waals surface area (Å²) in [5, 5.41) is 2.84. The predicted octanol–water partition coefficient (Wildman–Crippen LogP) is 2.27. The number of anilines is 2. The van der Waals surface area contributed by atoms with Crippen LogP contribution in [0.5, 0.6) is 11.5 Å². The highest BCUT2D eigenvalue weighted by Gasteiger charge is 2.74. The van der Waals surface area contributed by atoms with Crippen molar-refractivity contribution >= 4 is 29.1 Å². The van der Waals surface area contributed by atoms with Gasteiger partial charge in [-0.3, -0.25) is 19.3 Å². The Hall–Kier alpha value is -3.46. The summed E-state index contributed by atoms with van der Waals surface area (Å²) < 4.78 is 25.1. The first-order valence-corrected chi connectivity index (χ1v) is 10.9. The number of methoxy groups -OCH3 is 2. The molecule has 0 bridgehead atoms. The van der Waals surface area contributed by atoms with Gasteiger partial charge in [-0.15, -0.1) is 0 Å². The number of carbonyl (C=O) groups is 3. The van der Waals surface area contributed by atoms with E-state index in [1.165, 1.54) is 32.4 Å². The lowest BCUT2D eigenvalue weighted by molar-refractivity contribution is -0.135. The number of halogens is 1. The average Bonchev–Trinajstić information content (AvgIpc) is 3.52. The Morgan fingerprint density at radius 1 is 1.06 bits per heavy atom. The molecule has 0 unspecified atom stereocenters. The van der Waals surface area contributed by atoms with Gasteiger partial charge in [0.1, 0.15) is 22.9 Å². The van der Waals surface area contributed by atoms with Crippen LogP contribution in [0.1, 0.15) is 18.4 Å². The Labute approximate surface area is 189 Å². The molecule has 4 aliphatic rings. The molecule has 4 aliphatic heterocycles. The van der Waals surface area contributed by atoms with E-state index < -0.39 is 29.1 Å². The molecule has 4 heterocycles. The Bertz CT molecular complexity index is 1230. The van der Waals surface area contributed by atoms with Crippen LogP contribution >= 0.6 is 0 Å². The first-order valence-electron chi connectivity index (χ1n) is 10.9. The summed E-state index contributed by atoms with van der Waals surface area (Å²) in [6.07, 6.45) is 1.47. The zero-order valence-corrected chi connectivity index (χ0v) is 18.1. The van der Waals surface area contributed by atoms with Crippen LogP contribution in [-0.4, -0.2) is 49.4 Å². The van der Waals surface area contributed by atoms with Gasteiger partial charge in [0.15, 0.2) is 0 Å². The molecule has 2 aromatic rings. The lowest BCUT2D eigenvalue weighted by Gasteiger charge is -2.36. The second-order valence-corrected chi connectivity index (χ2v) is 8.87. The number of nitrogens with zero attached hydrogens (tertiary/aromatic N) is 2. The standard InChI is InChI=1S/C24H22FN3O5/c1-32-13-6-8-18(33-2)17(11-13)28-21(29)19-16-4-3-9-27(16)24(20(19)22(28)30)14-10-12(25)5-7-15(14)26-23(24)31/h5-8,10-11,16,19-20H,3-4,9H2,1-2H3,(H,26,31)/t16-,19-,20+,24-/m1/s1. The van der Waals surface area contributed by atoms with Crippen LogP contribution < -0.4 is 19.7 Å². The van der Waals surface area contributed by atoms with Crippen LogP contribution in [-0.2, 0) is 19.9 Å². The maximum absolute atomic E-state index is 14.4. The third-order valence-corrected chi connectivity index (χ3v) is 7.58. The molecule has 33 heavy (non-hydrogen) atoms. The van der Waals surface area contributed by atoms with E-state index in [1.807, 2.05) is 4.90 Å². The molecule has 0 aliphatic carbocycles. The molecule has 3 saturated heterocycles. The van der Waals surface area contributed by atoms with E-state index in [1.54, 1.807) is 18.2 Å². The Morgan fingerprint density at radius 2 is 1.88 bits per heavy atom. The smallest absolute Gasteiger partial charge is 0.250 e. The number of fused-ring (bicyclic) bond motifs is 7. The molecule has 1 spiro atoms. The third-order valence-electron chi connectivity index (χ3n) is 7.58. The molecule has 0 radical (unpaired) electrons. The Balaban J connectivity index is 1.56. The quantitative estimate of drug-likeness (QED) is 0.721. The molecule has 3 amide bonds. The summed E-state index contributed by atoms with van der Waals surface area (Å²) >= 11 is 0. The van der Waals surface area contributed by atoms with Crippen molar-refractivity contribution in [2.24, 2.45) is 11.8 Å². The number of imide groups is 1. The molecule has 6 rings (SSSR count). The van der Waals surface area contributed by atoms with E-state index in [-0.39, 0.29) is 23.5 Å². The lowest BCUT2D eigenvalue weighted by Crippen LogP contribution is -2.54. The van der Waals surface area contributed by atoms with Gasteiger partial charge in [0.05, 0.1) is 31.7 Å². The molecule has 0 saturated carbocycles. The van der Waals surface area contributed by atoms with Crippen molar-refractivity contribution in [1.82, 2.24) is 4.90 Å². The zero-order valence-electron chi connectivity index (χ0n) is 18.1. The van der Waals surface area contributed by atoms with E-state index in [2.05, 4.69) is 5.32 Å². The molecule has 9 heteroatoms. The summed E-state index contributed by atoms with van der Waals surface area (Å²) in [5.41, 5.74) is -0.242. The fourth-order valence-corrected chi connectivity index (χ4v) is 6.38. The number of amides is 3. The van der Waals surface area contributed by atoms with Gasteiger partial charge in [0.25, 0.3) is 0 Å². The van der Waals surface area contributed by atoms with Crippen molar-refractivity contribution in [3.05, 3.63) is 47.8 Å². The van der Waals surface area contributed by atoms with Gasteiger partial charge < -0.3 is 14.8 Å². The molecule has 8 nitrogen and oxygen atoms in total. The number of nitrogens with one attached hydrogen (secondary N) is 1. The number of benzene rings is 2. The fraction of sp³-hybridized carbons (Fsp3) is 0.375.